The van der Waals surface area contributed by atoms with Crippen molar-refractivity contribution in [3.8, 4) is 11.5 Å². The molecule has 0 saturated heterocycles. The molecule has 0 radical (unpaired) electrons. The number of halogens is 6. The van der Waals surface area contributed by atoms with Crippen molar-refractivity contribution < 1.29 is 19.4 Å². The molecule has 10 heteroatoms. The zero-order valence-electron chi connectivity index (χ0n) is 11.8. The number of esters is 1. The molecule has 4 nitrogen and oxygen atoms in total. The van der Waals surface area contributed by atoms with E-state index < -0.39 is 11.9 Å². The first-order valence-corrected chi connectivity index (χ1v) is 8.51. The van der Waals surface area contributed by atoms with Crippen LogP contribution in [0, 0.1) is 0 Å². The molecular weight excluding hydrogens is 457 g/mol. The third-order valence-corrected chi connectivity index (χ3v) is 4.13. The lowest BCUT2D eigenvalue weighted by Crippen LogP contribution is -2.16. The summed E-state index contributed by atoms with van der Waals surface area (Å²) in [6, 6.07) is 5.29. The molecule has 0 atom stereocenters. The normalized spacial score (nSPS) is 11.4. The second-order valence-corrected chi connectivity index (χ2v) is 6.89. The minimum absolute atomic E-state index is 0.00333. The highest BCUT2D eigenvalue weighted by Gasteiger charge is 2.13. The van der Waals surface area contributed by atoms with Crippen molar-refractivity contribution in [3.05, 3.63) is 66.4 Å². The summed E-state index contributed by atoms with van der Waals surface area (Å²) in [6.07, 6.45) is 0.530. The molecule has 132 valence electrons. The fourth-order valence-electron chi connectivity index (χ4n) is 1.61. The first-order chi connectivity index (χ1) is 11.7. The van der Waals surface area contributed by atoms with Crippen molar-refractivity contribution >= 4 is 75.6 Å². The molecule has 0 bridgehead atoms. The predicted molar refractivity (Wildman–Crippen MR) is 97.3 cm³/mol. The van der Waals surface area contributed by atoms with Gasteiger partial charge in [0.25, 0.3) is 0 Å². The smallest absolute Gasteiger partial charge is 0.338 e. The second kappa shape index (κ2) is 8.58. The summed E-state index contributed by atoms with van der Waals surface area (Å²) in [5.74, 6) is -2.44. The van der Waals surface area contributed by atoms with Gasteiger partial charge in [0.2, 0.25) is 0 Å². The Kier molecular flexibility index (Phi) is 6.97. The largest absolute Gasteiger partial charge is 0.576 e. The maximum Gasteiger partial charge on any atom is 0.338 e. The van der Waals surface area contributed by atoms with E-state index in [0.717, 1.165) is 0 Å². The van der Waals surface area contributed by atoms with Gasteiger partial charge in [-0.3, -0.25) is 0 Å². The number of carbonyl (C=O) groups excluding carboxylic acids is 1. The van der Waals surface area contributed by atoms with Crippen molar-refractivity contribution in [2.45, 2.75) is 0 Å². The van der Waals surface area contributed by atoms with E-state index in [4.69, 9.17) is 79.1 Å². The van der Waals surface area contributed by atoms with E-state index in [1.807, 2.05) is 0 Å². The molecule has 0 fully saturated rings. The van der Waals surface area contributed by atoms with Gasteiger partial charge in [0.1, 0.15) is 0 Å². The Morgan fingerprint density at radius 3 is 1.52 bits per heavy atom. The number of carbonyl (C=O) groups is 1. The highest BCUT2D eigenvalue weighted by molar-refractivity contribution is 6.41. The van der Waals surface area contributed by atoms with Gasteiger partial charge in [-0.1, -0.05) is 69.6 Å². The van der Waals surface area contributed by atoms with Gasteiger partial charge in [-0.2, -0.15) is 0 Å². The third-order valence-electron chi connectivity index (χ3n) is 2.57. The van der Waals surface area contributed by atoms with E-state index in [-0.39, 0.29) is 41.6 Å². The molecule has 0 N–H and O–H groups in total. The predicted octanol–water partition coefficient (Wildman–Crippen LogP) is 5.79. The lowest BCUT2D eigenvalue weighted by molar-refractivity contribution is -0.342. The van der Waals surface area contributed by atoms with Gasteiger partial charge >= 0.3 is 5.97 Å². The van der Waals surface area contributed by atoms with E-state index in [1.54, 1.807) is 0 Å². The highest BCUT2D eigenvalue weighted by Crippen LogP contribution is 2.37. The summed E-state index contributed by atoms with van der Waals surface area (Å²) in [5, 5.41) is 12.3. The number of hydrogen-bond acceptors (Lipinski definition) is 4. The number of hydrogen-bond donors (Lipinski definition) is 0. The molecule has 0 aliphatic heterocycles. The van der Waals surface area contributed by atoms with Crippen LogP contribution in [0.2, 0.25) is 30.1 Å². The highest BCUT2D eigenvalue weighted by atomic mass is 35.5. The van der Waals surface area contributed by atoms with Crippen LogP contribution in [0.5, 0.6) is 11.5 Å². The molecule has 0 aliphatic rings. The van der Waals surface area contributed by atoms with Crippen molar-refractivity contribution in [2.24, 2.45) is 0 Å². The molecule has 0 heterocycles. The number of ether oxygens (including phenoxy) is 2. The molecule has 0 aromatic heterocycles. The zero-order valence-corrected chi connectivity index (χ0v) is 16.3. The van der Waals surface area contributed by atoms with Crippen LogP contribution in [-0.2, 0) is 4.79 Å². The maximum absolute atomic E-state index is 11.8. The van der Waals surface area contributed by atoms with Crippen LogP contribution in [0.15, 0.2) is 36.3 Å². The summed E-state index contributed by atoms with van der Waals surface area (Å²) in [4.78, 5) is 11.8. The van der Waals surface area contributed by atoms with Gasteiger partial charge in [-0.05, 0) is 24.3 Å². The SMILES string of the molecule is O=C(/C=C(\[O-])Oc1c(Cl)cc(Cl)cc1Cl)Oc1c(Cl)cc(Cl)cc1Cl. The monoisotopic (exact) mass is 459 g/mol. The van der Waals surface area contributed by atoms with Crippen molar-refractivity contribution in [1.29, 1.82) is 0 Å². The standard InChI is InChI=1S/C15H6Cl6O4/c16-6-1-8(18)14(9(19)2-6)24-12(22)5-13(23)25-15-10(20)3-7(17)4-11(15)21/h1-5,22H/p-1/b12-5+. The summed E-state index contributed by atoms with van der Waals surface area (Å²) < 4.78 is 9.83. The van der Waals surface area contributed by atoms with Crippen molar-refractivity contribution in [2.75, 3.05) is 0 Å². The van der Waals surface area contributed by atoms with Gasteiger partial charge in [0.15, 0.2) is 5.75 Å². The van der Waals surface area contributed by atoms with E-state index in [1.165, 1.54) is 24.3 Å². The van der Waals surface area contributed by atoms with E-state index in [2.05, 4.69) is 0 Å². The zero-order chi connectivity index (χ0) is 18.7. The molecule has 0 aliphatic carbocycles. The van der Waals surface area contributed by atoms with Crippen molar-refractivity contribution in [1.82, 2.24) is 0 Å². The average Bonchev–Trinajstić information content (AvgIpc) is 2.46. The molecule has 2 aromatic rings. The fourth-order valence-corrected chi connectivity index (χ4v) is 3.40. The fraction of sp³-hybridized carbons (Fsp3) is 0. The van der Waals surface area contributed by atoms with Gasteiger partial charge in [0, 0.05) is 21.9 Å². The van der Waals surface area contributed by atoms with Gasteiger partial charge in [-0.15, -0.1) is 0 Å². The van der Waals surface area contributed by atoms with Gasteiger partial charge in [-0.25, -0.2) is 4.79 Å². The molecule has 25 heavy (non-hydrogen) atoms. The molecular formula is C15H5Cl6O4-. The molecule has 0 amide bonds. The van der Waals surface area contributed by atoms with Crippen LogP contribution in [-0.4, -0.2) is 5.97 Å². The van der Waals surface area contributed by atoms with Crippen LogP contribution in [0.1, 0.15) is 0 Å². The van der Waals surface area contributed by atoms with Crippen LogP contribution in [0.3, 0.4) is 0 Å². The maximum atomic E-state index is 11.8. The van der Waals surface area contributed by atoms with Crippen LogP contribution in [0.25, 0.3) is 0 Å². The van der Waals surface area contributed by atoms with Crippen LogP contribution in [0.4, 0.5) is 0 Å². The lowest BCUT2D eigenvalue weighted by atomic mass is 10.3. The Labute approximate surface area is 172 Å². The molecule has 0 unspecified atom stereocenters. The first kappa shape index (κ1) is 20.3. The lowest BCUT2D eigenvalue weighted by Gasteiger charge is -2.18. The van der Waals surface area contributed by atoms with Crippen LogP contribution < -0.4 is 14.6 Å². The topological polar surface area (TPSA) is 58.6 Å². The van der Waals surface area contributed by atoms with Gasteiger partial charge in [0.05, 0.1) is 26.0 Å². The second-order valence-electron chi connectivity index (χ2n) is 4.38. The Hall–Kier alpha value is -1.01. The minimum atomic E-state index is -1.07. The number of rotatable bonds is 4. The Balaban J connectivity index is 2.17. The Morgan fingerprint density at radius 1 is 0.760 bits per heavy atom. The molecule has 2 rings (SSSR count). The summed E-state index contributed by atoms with van der Waals surface area (Å²) in [5.41, 5.74) is 0. The first-order valence-electron chi connectivity index (χ1n) is 6.25. The Bertz CT molecular complexity index is 819. The van der Waals surface area contributed by atoms with Crippen LogP contribution >= 0.6 is 69.6 Å². The van der Waals surface area contributed by atoms with Crippen molar-refractivity contribution in [3.63, 3.8) is 0 Å². The van der Waals surface area contributed by atoms with E-state index >= 15 is 0 Å². The summed E-state index contributed by atoms with van der Waals surface area (Å²) in [7, 11) is 0. The Morgan fingerprint density at radius 2 is 1.12 bits per heavy atom. The van der Waals surface area contributed by atoms with E-state index in [0.29, 0.717) is 6.08 Å². The van der Waals surface area contributed by atoms with E-state index in [9.17, 15) is 9.90 Å². The third kappa shape index (κ3) is 5.48. The molecule has 0 saturated carbocycles. The average molecular weight is 462 g/mol. The molecule has 2 aromatic carbocycles. The summed E-state index contributed by atoms with van der Waals surface area (Å²) in [6.45, 7) is 0. The van der Waals surface area contributed by atoms with Gasteiger partial charge < -0.3 is 14.6 Å². The quantitative estimate of drug-likeness (QED) is 0.250. The molecule has 0 spiro atoms. The summed E-state index contributed by atoms with van der Waals surface area (Å²) >= 11 is 35.0. The minimum Gasteiger partial charge on any atom is -0.576 e. The number of benzene rings is 2.